The molecule has 4 aromatic rings. The molecule has 352 valence electrons. The van der Waals surface area contributed by atoms with E-state index in [-0.39, 0.29) is 49.6 Å². The number of methoxy groups -OCH3 is 1. The van der Waals surface area contributed by atoms with Crippen LogP contribution in [-0.2, 0) is 52.8 Å². The topological polar surface area (TPSA) is 165 Å². The molecule has 14 nitrogen and oxygen atoms in total. The van der Waals surface area contributed by atoms with E-state index in [0.29, 0.717) is 45.4 Å². The minimum atomic E-state index is -1.28. The van der Waals surface area contributed by atoms with Gasteiger partial charge in [-0.1, -0.05) is 63.9 Å². The van der Waals surface area contributed by atoms with Crippen molar-refractivity contribution in [3.63, 3.8) is 0 Å². The van der Waals surface area contributed by atoms with Gasteiger partial charge in [-0.25, -0.2) is 5.43 Å². The highest BCUT2D eigenvalue weighted by Gasteiger charge is 2.38. The number of fused-ring (bicyclic) bond motifs is 6. The molecule has 5 heterocycles. The van der Waals surface area contributed by atoms with Gasteiger partial charge in [0, 0.05) is 67.8 Å². The highest BCUT2D eigenvalue weighted by molar-refractivity contribution is 5.96. The minimum absolute atomic E-state index is 0.0909. The van der Waals surface area contributed by atoms with Gasteiger partial charge in [0.2, 0.25) is 5.91 Å². The number of carbonyl (C=O) groups is 4. The van der Waals surface area contributed by atoms with Crippen LogP contribution < -0.4 is 10.7 Å². The van der Waals surface area contributed by atoms with Crippen LogP contribution in [0.2, 0.25) is 0 Å². The maximum Gasteiger partial charge on any atom is 0.324 e. The van der Waals surface area contributed by atoms with Crippen molar-refractivity contribution in [2.24, 2.45) is 17.3 Å². The van der Waals surface area contributed by atoms with E-state index in [1.165, 1.54) is 23.8 Å². The quantitative estimate of drug-likeness (QED) is 0.127. The number of nitrogens with zero attached hydrogens (tertiary/aromatic N) is 4. The zero-order chi connectivity index (χ0) is 47.5. The van der Waals surface area contributed by atoms with Crippen LogP contribution in [0.15, 0.2) is 60.8 Å². The Bertz CT molecular complexity index is 2510. The van der Waals surface area contributed by atoms with Crippen molar-refractivity contribution in [1.82, 2.24) is 30.2 Å². The molecule has 3 amide bonds. The number of aryl methyl sites for hydroxylation is 1. The summed E-state index contributed by atoms with van der Waals surface area (Å²) < 4.78 is 20.4. The summed E-state index contributed by atoms with van der Waals surface area (Å²) in [7, 11) is 1.69. The number of hydrogen-bond acceptors (Lipinski definition) is 10. The summed E-state index contributed by atoms with van der Waals surface area (Å²) in [6.45, 7) is 17.2. The minimum Gasteiger partial charge on any atom is -0.464 e. The van der Waals surface area contributed by atoms with Gasteiger partial charge < -0.3 is 34.1 Å². The third-order valence-electron chi connectivity index (χ3n) is 12.9. The number of aliphatic hydroxyl groups is 1. The molecule has 14 heteroatoms. The normalized spacial score (nSPS) is 20.2. The van der Waals surface area contributed by atoms with E-state index < -0.39 is 40.9 Å². The molecule has 6 bridgehead atoms. The summed E-state index contributed by atoms with van der Waals surface area (Å²) in [5, 5.41) is 15.5. The Hall–Kier alpha value is -5.59. The fraction of sp³-hybridized carbons (Fsp3) is 0.519. The summed E-state index contributed by atoms with van der Waals surface area (Å²) in [5.74, 6) is 2.78. The molecule has 3 aliphatic rings. The highest BCUT2D eigenvalue weighted by atomic mass is 16.5. The summed E-state index contributed by atoms with van der Waals surface area (Å²) >= 11 is 0. The average molecular weight is 903 g/mol. The maximum absolute atomic E-state index is 14.6. The predicted molar refractivity (Wildman–Crippen MR) is 252 cm³/mol. The molecule has 0 aliphatic carbocycles. The molecule has 2 aromatic heterocycles. The number of rotatable bonds is 10. The van der Waals surface area contributed by atoms with E-state index >= 15 is 0 Å². The van der Waals surface area contributed by atoms with Gasteiger partial charge in [0.05, 0.1) is 42.7 Å². The summed E-state index contributed by atoms with van der Waals surface area (Å²) in [5.41, 5.74) is 9.32. The molecule has 0 saturated carbocycles. The molecule has 3 N–H and O–H groups in total. The highest BCUT2D eigenvalue weighted by Crippen LogP contribution is 2.42. The van der Waals surface area contributed by atoms with Gasteiger partial charge in [-0.2, -0.15) is 0 Å². The van der Waals surface area contributed by atoms with E-state index in [2.05, 4.69) is 84.3 Å². The summed E-state index contributed by atoms with van der Waals surface area (Å²) in [6.07, 6.45) is 3.13. The van der Waals surface area contributed by atoms with E-state index in [4.69, 9.17) is 19.2 Å². The molecule has 7 rings (SSSR count). The van der Waals surface area contributed by atoms with Crippen LogP contribution in [0.1, 0.15) is 91.2 Å². The van der Waals surface area contributed by atoms with Crippen LogP contribution >= 0.6 is 0 Å². The van der Waals surface area contributed by atoms with Crippen molar-refractivity contribution in [1.29, 1.82) is 0 Å². The molecule has 0 unspecified atom stereocenters. The van der Waals surface area contributed by atoms with Crippen molar-refractivity contribution in [3.8, 4) is 34.2 Å². The Morgan fingerprint density at radius 1 is 1.08 bits per heavy atom. The van der Waals surface area contributed by atoms with E-state index in [1.807, 2.05) is 39.0 Å². The smallest absolute Gasteiger partial charge is 0.324 e. The van der Waals surface area contributed by atoms with Crippen molar-refractivity contribution in [2.75, 3.05) is 40.0 Å². The van der Waals surface area contributed by atoms with E-state index in [0.717, 1.165) is 50.1 Å². The lowest BCUT2D eigenvalue weighted by Crippen LogP contribution is -2.61. The molecule has 4 atom stereocenters. The number of likely N-dealkylation sites (tertiary alicyclic amines) is 1. The monoisotopic (exact) mass is 902 g/mol. The number of benzene rings is 2. The van der Waals surface area contributed by atoms with Crippen LogP contribution in [0.5, 0.6) is 0 Å². The number of aromatic nitrogens is 2. The molecule has 2 fully saturated rings. The van der Waals surface area contributed by atoms with Crippen molar-refractivity contribution in [3.05, 3.63) is 77.6 Å². The maximum atomic E-state index is 14.6. The Kier molecular flexibility index (Phi) is 14.7. The molecule has 0 radical (unpaired) electrons. The standard InChI is InChI=1S/C52H66N6O8/c1-10-57-44-19-18-36-26-39(44)40(47(57)38-16-12-22-53-46(38)33(4)64-9)27-51(5,6)31-66-50(62)42-17-13-23-58(55-42)49(61)43(25-34-14-11-15-35(36)24-34)54-48(60)41(32(2)3)30-65-37-28-56(29-37)45(59)20-21-52(7,8)63/h11-12,14-16,18-19,22,24,26,32-33,37,41-43,55,63H,10,13,17,23,25,27-31H2,1-9H3,(H,54,60)/t33-,41-,42-,43-/m0/s1. The number of esters is 1. The third kappa shape index (κ3) is 11.0. The number of ether oxygens (including phenoxy) is 3. The largest absolute Gasteiger partial charge is 0.464 e. The van der Waals surface area contributed by atoms with Gasteiger partial charge in [0.1, 0.15) is 17.7 Å². The lowest BCUT2D eigenvalue weighted by atomic mass is 9.84. The third-order valence-corrected chi connectivity index (χ3v) is 12.9. The number of hydrogen-bond donors (Lipinski definition) is 3. The van der Waals surface area contributed by atoms with Gasteiger partial charge in [-0.05, 0) is 105 Å². The van der Waals surface area contributed by atoms with Gasteiger partial charge in [0.25, 0.3) is 11.8 Å². The zero-order valence-electron chi connectivity index (χ0n) is 39.9. The Morgan fingerprint density at radius 3 is 2.55 bits per heavy atom. The van der Waals surface area contributed by atoms with Crippen LogP contribution in [0, 0.1) is 29.1 Å². The first kappa shape index (κ1) is 48.3. The van der Waals surface area contributed by atoms with Crippen LogP contribution in [0.25, 0.3) is 33.3 Å². The first-order valence-electron chi connectivity index (χ1n) is 23.3. The van der Waals surface area contributed by atoms with Crippen LogP contribution in [0.3, 0.4) is 0 Å². The number of cyclic esters (lactones) is 1. The number of carbonyl (C=O) groups excluding carboxylic acids is 4. The molecule has 0 spiro atoms. The molecule has 2 saturated heterocycles. The number of amides is 3. The molecular weight excluding hydrogens is 837 g/mol. The molecule has 3 aliphatic heterocycles. The van der Waals surface area contributed by atoms with Crippen molar-refractivity contribution in [2.45, 2.75) is 118 Å². The Morgan fingerprint density at radius 2 is 1.83 bits per heavy atom. The number of pyridine rings is 1. The second kappa shape index (κ2) is 20.1. The second-order valence-corrected chi connectivity index (χ2v) is 19.7. The predicted octanol–water partition coefficient (Wildman–Crippen LogP) is 6.02. The zero-order valence-corrected chi connectivity index (χ0v) is 39.9. The molecule has 2 aromatic carbocycles. The van der Waals surface area contributed by atoms with Gasteiger partial charge in [0.15, 0.2) is 0 Å². The molecular formula is C52H66N6O8. The summed E-state index contributed by atoms with van der Waals surface area (Å²) in [6, 6.07) is 17.0. The van der Waals surface area contributed by atoms with E-state index in [1.54, 1.807) is 13.3 Å². The van der Waals surface area contributed by atoms with Crippen molar-refractivity contribution < 1.29 is 38.5 Å². The Labute approximate surface area is 388 Å². The second-order valence-electron chi connectivity index (χ2n) is 19.7. The average Bonchev–Trinajstić information content (AvgIpc) is 3.58. The fourth-order valence-electron chi connectivity index (χ4n) is 9.07. The first-order valence-corrected chi connectivity index (χ1v) is 23.3. The van der Waals surface area contributed by atoms with Crippen LogP contribution in [-0.4, -0.2) is 112 Å². The lowest BCUT2D eigenvalue weighted by Gasteiger charge is -2.38. The van der Waals surface area contributed by atoms with Crippen LogP contribution in [0.4, 0.5) is 0 Å². The first-order chi connectivity index (χ1) is 31.4. The van der Waals surface area contributed by atoms with Gasteiger partial charge >= 0.3 is 5.97 Å². The number of hydrazine groups is 1. The Balaban J connectivity index is 1.22. The lowest BCUT2D eigenvalue weighted by molar-refractivity contribution is -0.155. The van der Waals surface area contributed by atoms with Gasteiger partial charge in [-0.3, -0.25) is 29.2 Å². The van der Waals surface area contributed by atoms with Gasteiger partial charge in [-0.15, -0.1) is 0 Å². The van der Waals surface area contributed by atoms with Crippen molar-refractivity contribution >= 4 is 34.6 Å². The fourth-order valence-corrected chi connectivity index (χ4v) is 9.07. The summed E-state index contributed by atoms with van der Waals surface area (Å²) in [4.78, 5) is 61.6. The van der Waals surface area contributed by atoms with E-state index in [9.17, 15) is 24.3 Å². The SMILES string of the molecule is CCn1c(-c2cccnc2[C@H](C)OC)c2c3cc(ccc31)-c1cccc(c1)C[C@H](NC(=O)[C@@H](COC1CN(C(=O)C#CC(C)(C)O)C1)C(C)C)C(=O)N1CCC[C@H](N1)C(=O)OCC(C)(C)C2. The molecule has 66 heavy (non-hydrogen) atoms. The number of nitrogens with one attached hydrogen (secondary N) is 2.